The molecule has 4 aliphatic carbocycles. The van der Waals surface area contributed by atoms with Gasteiger partial charge in [0.1, 0.15) is 28.1 Å². The zero-order valence-corrected chi connectivity index (χ0v) is 21.9. The van der Waals surface area contributed by atoms with E-state index in [2.05, 4.69) is 4.98 Å². The molecule has 0 aromatic carbocycles. The van der Waals surface area contributed by atoms with Crippen molar-refractivity contribution in [1.82, 2.24) is 4.98 Å². The van der Waals surface area contributed by atoms with Crippen molar-refractivity contribution in [2.24, 2.45) is 16.7 Å². The summed E-state index contributed by atoms with van der Waals surface area (Å²) in [7, 11) is -0.782. The molecule has 7 fully saturated rings. The number of nitrogens with one attached hydrogen (secondary N) is 1. The van der Waals surface area contributed by atoms with E-state index in [0.717, 1.165) is 0 Å². The first-order chi connectivity index (χ1) is 17.2. The van der Waals surface area contributed by atoms with E-state index < -0.39 is 75.8 Å². The van der Waals surface area contributed by atoms with Crippen molar-refractivity contribution < 1.29 is 44.0 Å². The van der Waals surface area contributed by atoms with Gasteiger partial charge in [0.2, 0.25) is 0 Å². The van der Waals surface area contributed by atoms with Crippen molar-refractivity contribution in [3.63, 3.8) is 0 Å². The zero-order valence-electron chi connectivity index (χ0n) is 21.9. The summed E-state index contributed by atoms with van der Waals surface area (Å²) in [5.41, 5.74) is -11.2. The van der Waals surface area contributed by atoms with Gasteiger partial charge in [-0.3, -0.25) is 0 Å². The molecule has 3 saturated heterocycles. The fourth-order valence-corrected chi connectivity index (χ4v) is 10.5. The number of hydrogen-bond donors (Lipinski definition) is 5. The Balaban J connectivity index is 1.58. The van der Waals surface area contributed by atoms with Gasteiger partial charge in [-0.2, -0.15) is 0 Å². The molecule has 1 aromatic rings. The molecule has 37 heavy (non-hydrogen) atoms. The van der Waals surface area contributed by atoms with Crippen LogP contribution in [0.15, 0.2) is 18.3 Å². The summed E-state index contributed by atoms with van der Waals surface area (Å²) in [5.74, 6) is -3.30. The lowest BCUT2D eigenvalue weighted by molar-refractivity contribution is -0.384. The molecule has 11 heteroatoms. The Labute approximate surface area is 215 Å². The van der Waals surface area contributed by atoms with Crippen LogP contribution in [-0.4, -0.2) is 84.5 Å². The van der Waals surface area contributed by atoms with Crippen LogP contribution in [0.5, 0.6) is 0 Å². The van der Waals surface area contributed by atoms with Gasteiger partial charge in [0.25, 0.3) is 0 Å². The van der Waals surface area contributed by atoms with Crippen LogP contribution in [0.2, 0.25) is 6.32 Å². The number of rotatable bonds is 4. The van der Waals surface area contributed by atoms with E-state index in [1.165, 1.54) is 0 Å². The van der Waals surface area contributed by atoms with Crippen molar-refractivity contribution in [2.75, 3.05) is 0 Å². The quantitative estimate of drug-likeness (QED) is 0.293. The summed E-state index contributed by atoms with van der Waals surface area (Å²) >= 11 is 0. The highest BCUT2D eigenvalue weighted by Gasteiger charge is 3.10. The Morgan fingerprint density at radius 1 is 1.24 bits per heavy atom. The molecule has 10 nitrogen and oxygen atoms in total. The maximum atomic E-state index is 13.5. The highest BCUT2D eigenvalue weighted by atomic mass is 16.7. The number of aliphatic hydroxyl groups is 4. The summed E-state index contributed by atoms with van der Waals surface area (Å²) in [6, 6.07) is 3.25. The highest BCUT2D eigenvalue weighted by Crippen LogP contribution is 2.92. The largest absolute Gasteiger partial charge is 0.457 e. The molecule has 4 heterocycles. The van der Waals surface area contributed by atoms with Crippen molar-refractivity contribution in [3.05, 3.63) is 24.0 Å². The van der Waals surface area contributed by atoms with E-state index in [9.17, 15) is 25.2 Å². The second kappa shape index (κ2) is 6.46. The van der Waals surface area contributed by atoms with Gasteiger partial charge in [0, 0.05) is 24.5 Å². The molecular formula is C26H36BNO9. The van der Waals surface area contributed by atoms with E-state index in [4.69, 9.17) is 18.8 Å². The molecule has 0 amide bonds. The van der Waals surface area contributed by atoms with Crippen LogP contribution in [0.1, 0.15) is 70.8 Å². The van der Waals surface area contributed by atoms with Crippen molar-refractivity contribution in [2.45, 2.75) is 113 Å². The Morgan fingerprint density at radius 2 is 1.97 bits per heavy atom. The molecular weight excluding hydrogens is 481 g/mol. The van der Waals surface area contributed by atoms with Crippen LogP contribution in [0.4, 0.5) is 0 Å². The van der Waals surface area contributed by atoms with Crippen molar-refractivity contribution in [3.8, 4) is 0 Å². The number of esters is 1. The lowest BCUT2D eigenvalue weighted by Crippen LogP contribution is -2.77. The third kappa shape index (κ3) is 1.90. The molecule has 8 rings (SSSR count). The minimum absolute atomic E-state index is 0.00132. The van der Waals surface area contributed by atoms with Gasteiger partial charge in [-0.25, -0.2) is 4.79 Å². The summed E-state index contributed by atoms with van der Waals surface area (Å²) < 4.78 is 26.4. The first-order valence-electron chi connectivity index (χ1n) is 13.5. The maximum Gasteiger partial charge on any atom is 0.457 e. The number of H-pyrrole nitrogens is 1. The molecule has 10 atom stereocenters. The van der Waals surface area contributed by atoms with E-state index in [1.54, 1.807) is 39.1 Å². The highest BCUT2D eigenvalue weighted by molar-refractivity contribution is 6.45. The van der Waals surface area contributed by atoms with Crippen LogP contribution >= 0.6 is 0 Å². The molecule has 4 saturated carbocycles. The number of ether oxygens (including phenoxy) is 2. The number of aliphatic hydroxyl groups excluding tert-OH is 1. The van der Waals surface area contributed by atoms with E-state index in [-0.39, 0.29) is 18.5 Å². The fraction of sp³-hybridized carbons (Fsp3) is 0.808. The van der Waals surface area contributed by atoms with E-state index in [1.807, 2.05) is 13.8 Å². The average molecular weight is 517 g/mol. The smallest absolute Gasteiger partial charge is 0.451 e. The lowest BCUT2D eigenvalue weighted by atomic mass is 9.51. The predicted octanol–water partition coefficient (Wildman–Crippen LogP) is 1.14. The predicted molar refractivity (Wildman–Crippen MR) is 128 cm³/mol. The Kier molecular flexibility index (Phi) is 4.29. The summed E-state index contributed by atoms with van der Waals surface area (Å²) in [6.07, 6.45) is 0.608. The topological polar surface area (TPSA) is 151 Å². The minimum Gasteiger partial charge on any atom is -0.451 e. The van der Waals surface area contributed by atoms with Crippen LogP contribution < -0.4 is 0 Å². The van der Waals surface area contributed by atoms with Crippen molar-refractivity contribution in [1.29, 1.82) is 0 Å². The van der Waals surface area contributed by atoms with Gasteiger partial charge in [-0.15, -0.1) is 0 Å². The van der Waals surface area contributed by atoms with Gasteiger partial charge in [0.05, 0.1) is 17.1 Å². The minimum atomic E-state index is -2.07. The summed E-state index contributed by atoms with van der Waals surface area (Å²) in [5, 5.41) is 49.4. The van der Waals surface area contributed by atoms with Gasteiger partial charge in [0.15, 0.2) is 11.9 Å². The molecule has 0 unspecified atom stereocenters. The molecule has 3 spiro atoms. The lowest BCUT2D eigenvalue weighted by Gasteiger charge is -2.65. The first kappa shape index (κ1) is 24.6. The van der Waals surface area contributed by atoms with Gasteiger partial charge in [-0.1, -0.05) is 27.7 Å². The van der Waals surface area contributed by atoms with Crippen LogP contribution in [0.3, 0.4) is 0 Å². The van der Waals surface area contributed by atoms with Gasteiger partial charge >= 0.3 is 13.1 Å². The summed E-state index contributed by atoms with van der Waals surface area (Å²) in [6.45, 7) is 8.95. The maximum absolute atomic E-state index is 13.5. The van der Waals surface area contributed by atoms with E-state index in [0.29, 0.717) is 19.2 Å². The van der Waals surface area contributed by atoms with E-state index >= 15 is 0 Å². The monoisotopic (exact) mass is 517 g/mol. The standard InChI is InChI=1S/C26H36BNO9/c1-6-27-36-21-10-9-15(29)12-22(21)26(33)20(5)23(31,35-22)13-19(21,4)25(26,37-27)18(24(20,32)14(2)3)34-17(30)16-8-7-11-28-16/h7-8,11,14-15,18,28-29,31-33H,6,9-10,12-13H2,1-5H3/t15-,18-,19+,20-,21+,22-,23+,24-,25-,26+/m1/s1. The number of hydrogen-bond acceptors (Lipinski definition) is 9. The Bertz CT molecular complexity index is 1200. The molecule has 7 aliphatic rings. The molecule has 5 N–H and O–H groups in total. The molecule has 7 bridgehead atoms. The Morgan fingerprint density at radius 3 is 2.59 bits per heavy atom. The van der Waals surface area contributed by atoms with Crippen LogP contribution in [-0.2, 0) is 18.8 Å². The molecule has 202 valence electrons. The third-order valence-electron chi connectivity index (χ3n) is 11.8. The third-order valence-corrected chi connectivity index (χ3v) is 11.8. The normalized spacial score (nSPS) is 56.8. The first-order valence-corrected chi connectivity index (χ1v) is 13.5. The molecule has 0 radical (unpaired) electrons. The molecule has 1 aromatic heterocycles. The number of carbonyl (C=O) groups is 1. The summed E-state index contributed by atoms with van der Waals surface area (Å²) in [4.78, 5) is 16.3. The van der Waals surface area contributed by atoms with Crippen LogP contribution in [0.25, 0.3) is 0 Å². The number of carbonyl (C=O) groups excluding carboxylic acids is 1. The fourth-order valence-electron chi connectivity index (χ4n) is 10.5. The van der Waals surface area contributed by atoms with Gasteiger partial charge in [-0.05, 0) is 44.1 Å². The van der Waals surface area contributed by atoms with Crippen molar-refractivity contribution >= 4 is 13.1 Å². The zero-order chi connectivity index (χ0) is 26.7. The second-order valence-electron chi connectivity index (χ2n) is 12.9. The molecule has 3 aliphatic heterocycles. The Hall–Kier alpha value is -1.47. The number of aromatic nitrogens is 1. The second-order valence-corrected chi connectivity index (χ2v) is 12.9. The SMILES string of the molecule is CCB1O[C@]23CC[C@@H](O)C[C@@]24O[C@@]2(O)C[C@]3(C)[C@]3(O1)[C@H](OC(=O)c1ccc[nH]1)[C@](O)(C(C)C)[C@]2(C)[C@]43O. The van der Waals surface area contributed by atoms with Crippen LogP contribution in [0, 0.1) is 16.7 Å². The average Bonchev–Trinajstić information content (AvgIpc) is 3.43. The van der Waals surface area contributed by atoms with Gasteiger partial charge < -0.3 is 44.2 Å². The number of aromatic amines is 1.